The van der Waals surface area contributed by atoms with E-state index in [0.717, 1.165) is 0 Å². The van der Waals surface area contributed by atoms with E-state index in [1.54, 1.807) is 0 Å². The van der Waals surface area contributed by atoms with Crippen LogP contribution in [0.2, 0.25) is 5.02 Å². The lowest BCUT2D eigenvalue weighted by molar-refractivity contribution is 0.0663. The Hall–Kier alpha value is -0.810. The van der Waals surface area contributed by atoms with Crippen molar-refractivity contribution in [2.24, 2.45) is 0 Å². The SMILES string of the molecule is COCC(Cl)C(O)C(=O)c1cccc(Cl)c1O. The van der Waals surface area contributed by atoms with Crippen LogP contribution in [-0.4, -0.2) is 41.2 Å². The number of aromatic hydroxyl groups is 1. The van der Waals surface area contributed by atoms with Gasteiger partial charge in [-0.15, -0.1) is 11.6 Å². The molecular weight excluding hydrogens is 267 g/mol. The zero-order chi connectivity index (χ0) is 13.0. The Morgan fingerprint density at radius 1 is 1.53 bits per heavy atom. The average molecular weight is 279 g/mol. The molecule has 17 heavy (non-hydrogen) atoms. The number of halogens is 2. The van der Waals surface area contributed by atoms with Gasteiger partial charge >= 0.3 is 0 Å². The Bertz CT molecular complexity index is 408. The van der Waals surface area contributed by atoms with E-state index in [1.807, 2.05) is 0 Å². The van der Waals surface area contributed by atoms with Crippen molar-refractivity contribution in [3.8, 4) is 5.75 Å². The van der Waals surface area contributed by atoms with E-state index >= 15 is 0 Å². The van der Waals surface area contributed by atoms with E-state index in [-0.39, 0.29) is 22.9 Å². The minimum Gasteiger partial charge on any atom is -0.506 e. The maximum atomic E-state index is 11.8. The summed E-state index contributed by atoms with van der Waals surface area (Å²) in [6.45, 7) is 0.0236. The number of methoxy groups -OCH3 is 1. The van der Waals surface area contributed by atoms with Crippen molar-refractivity contribution in [1.82, 2.24) is 0 Å². The first kappa shape index (κ1) is 14.3. The number of aliphatic hydroxyl groups excluding tert-OH is 1. The van der Waals surface area contributed by atoms with Crippen molar-refractivity contribution in [2.45, 2.75) is 11.5 Å². The van der Waals surface area contributed by atoms with Crippen LogP contribution in [0.25, 0.3) is 0 Å². The summed E-state index contributed by atoms with van der Waals surface area (Å²) in [4.78, 5) is 11.8. The zero-order valence-electron chi connectivity index (χ0n) is 9.06. The van der Waals surface area contributed by atoms with Gasteiger partial charge in [0.15, 0.2) is 5.78 Å². The fourth-order valence-electron chi connectivity index (χ4n) is 1.29. The van der Waals surface area contributed by atoms with Crippen molar-refractivity contribution >= 4 is 29.0 Å². The molecule has 1 aromatic rings. The topological polar surface area (TPSA) is 66.8 Å². The average Bonchev–Trinajstić information content (AvgIpc) is 2.31. The van der Waals surface area contributed by atoms with Crippen molar-refractivity contribution in [2.75, 3.05) is 13.7 Å². The van der Waals surface area contributed by atoms with Gasteiger partial charge in [0.2, 0.25) is 0 Å². The number of Topliss-reactive ketones (excluding diaryl/α,β-unsaturated/α-hetero) is 1. The number of benzene rings is 1. The third-order valence-electron chi connectivity index (χ3n) is 2.19. The molecule has 0 aliphatic carbocycles. The molecule has 0 aliphatic heterocycles. The Morgan fingerprint density at radius 3 is 2.76 bits per heavy atom. The van der Waals surface area contributed by atoms with Gasteiger partial charge in [-0.1, -0.05) is 17.7 Å². The fourth-order valence-corrected chi connectivity index (χ4v) is 1.70. The smallest absolute Gasteiger partial charge is 0.196 e. The number of carbonyl (C=O) groups excluding carboxylic acids is 1. The van der Waals surface area contributed by atoms with Crippen LogP contribution in [-0.2, 0) is 4.74 Å². The van der Waals surface area contributed by atoms with Gasteiger partial charge in [-0.25, -0.2) is 0 Å². The lowest BCUT2D eigenvalue weighted by Gasteiger charge is -2.15. The molecule has 2 atom stereocenters. The summed E-state index contributed by atoms with van der Waals surface area (Å²) in [5, 5.41) is 18.4. The van der Waals surface area contributed by atoms with Crippen LogP contribution in [0, 0.1) is 0 Å². The Kier molecular flexibility index (Phi) is 5.21. The molecule has 1 aromatic carbocycles. The van der Waals surface area contributed by atoms with Gasteiger partial charge in [0.1, 0.15) is 11.9 Å². The monoisotopic (exact) mass is 278 g/mol. The summed E-state index contributed by atoms with van der Waals surface area (Å²) < 4.78 is 4.73. The fraction of sp³-hybridized carbons (Fsp3) is 0.364. The molecule has 6 heteroatoms. The predicted octanol–water partition coefficient (Wildman–Crippen LogP) is 1.84. The second-order valence-electron chi connectivity index (χ2n) is 3.42. The molecule has 0 bridgehead atoms. The van der Waals surface area contributed by atoms with E-state index in [2.05, 4.69) is 0 Å². The number of para-hydroxylation sites is 1. The number of alkyl halides is 1. The largest absolute Gasteiger partial charge is 0.506 e. The zero-order valence-corrected chi connectivity index (χ0v) is 10.6. The van der Waals surface area contributed by atoms with Crippen LogP contribution < -0.4 is 0 Å². The van der Waals surface area contributed by atoms with Crippen molar-refractivity contribution in [3.63, 3.8) is 0 Å². The summed E-state index contributed by atoms with van der Waals surface area (Å²) >= 11 is 11.4. The highest BCUT2D eigenvalue weighted by Gasteiger charge is 2.27. The number of carbonyl (C=O) groups is 1. The highest BCUT2D eigenvalue weighted by molar-refractivity contribution is 6.32. The lowest BCUT2D eigenvalue weighted by Crippen LogP contribution is -2.33. The van der Waals surface area contributed by atoms with Gasteiger partial charge in [0.05, 0.1) is 22.6 Å². The number of ketones is 1. The first-order valence-corrected chi connectivity index (χ1v) is 5.63. The standard InChI is InChI=1S/C11H12Cl2O4/c1-17-5-8(13)11(16)10(15)6-3-2-4-7(12)9(6)14/h2-4,8,11,14,16H,5H2,1H3. The second-order valence-corrected chi connectivity index (χ2v) is 4.38. The van der Waals surface area contributed by atoms with Gasteiger partial charge in [0, 0.05) is 7.11 Å². The molecule has 1 rings (SSSR count). The van der Waals surface area contributed by atoms with Crippen LogP contribution in [0.4, 0.5) is 0 Å². The molecule has 94 valence electrons. The summed E-state index contributed by atoms with van der Waals surface area (Å²) in [7, 11) is 1.41. The molecule has 0 aliphatic rings. The third-order valence-corrected chi connectivity index (χ3v) is 2.86. The van der Waals surface area contributed by atoms with E-state index in [9.17, 15) is 15.0 Å². The maximum absolute atomic E-state index is 11.8. The van der Waals surface area contributed by atoms with Gasteiger partial charge < -0.3 is 14.9 Å². The summed E-state index contributed by atoms with van der Waals surface area (Å²) in [6.07, 6.45) is -1.46. The molecule has 0 radical (unpaired) electrons. The maximum Gasteiger partial charge on any atom is 0.196 e. The number of rotatable bonds is 5. The molecule has 2 N–H and O–H groups in total. The summed E-state index contributed by atoms with van der Waals surface area (Å²) in [5.74, 6) is -1.05. The summed E-state index contributed by atoms with van der Waals surface area (Å²) in [5.41, 5.74) is -0.0632. The third kappa shape index (κ3) is 3.33. The minimum absolute atomic E-state index is 0.0236. The quantitative estimate of drug-likeness (QED) is 0.637. The van der Waals surface area contributed by atoms with E-state index in [1.165, 1.54) is 25.3 Å². The summed E-state index contributed by atoms with van der Waals surface area (Å²) in [6, 6.07) is 4.30. The van der Waals surface area contributed by atoms with Crippen molar-refractivity contribution < 1.29 is 19.7 Å². The molecule has 0 fully saturated rings. The molecule has 0 heterocycles. The molecular formula is C11H12Cl2O4. The van der Waals surface area contributed by atoms with Crippen LogP contribution in [0.3, 0.4) is 0 Å². The molecule has 4 nitrogen and oxygen atoms in total. The molecule has 0 aromatic heterocycles. The van der Waals surface area contributed by atoms with Gasteiger partial charge in [-0.3, -0.25) is 4.79 Å². The molecule has 0 saturated carbocycles. The number of hydrogen-bond donors (Lipinski definition) is 2. The second kappa shape index (κ2) is 6.21. The van der Waals surface area contributed by atoms with E-state index in [0.29, 0.717) is 0 Å². The Morgan fingerprint density at radius 2 is 2.18 bits per heavy atom. The Labute approximate surface area is 109 Å². The first-order valence-electron chi connectivity index (χ1n) is 4.81. The van der Waals surface area contributed by atoms with Crippen LogP contribution in [0.5, 0.6) is 5.75 Å². The van der Waals surface area contributed by atoms with Crippen LogP contribution >= 0.6 is 23.2 Å². The van der Waals surface area contributed by atoms with Gasteiger partial charge in [0.25, 0.3) is 0 Å². The Balaban J connectivity index is 2.93. The van der Waals surface area contributed by atoms with Gasteiger partial charge in [-0.05, 0) is 12.1 Å². The molecule has 0 spiro atoms. The van der Waals surface area contributed by atoms with Crippen molar-refractivity contribution in [1.29, 1.82) is 0 Å². The number of hydrogen-bond acceptors (Lipinski definition) is 4. The van der Waals surface area contributed by atoms with Gasteiger partial charge in [-0.2, -0.15) is 0 Å². The number of phenolic OH excluding ortho intramolecular Hbond substituents is 1. The van der Waals surface area contributed by atoms with Crippen LogP contribution in [0.15, 0.2) is 18.2 Å². The lowest BCUT2D eigenvalue weighted by atomic mass is 10.0. The van der Waals surface area contributed by atoms with E-state index in [4.69, 9.17) is 27.9 Å². The van der Waals surface area contributed by atoms with E-state index < -0.39 is 17.3 Å². The molecule has 0 amide bonds. The number of phenols is 1. The normalized spacial score (nSPS) is 14.4. The van der Waals surface area contributed by atoms with Crippen molar-refractivity contribution in [3.05, 3.63) is 28.8 Å². The molecule has 0 saturated heterocycles. The van der Waals surface area contributed by atoms with Crippen LogP contribution in [0.1, 0.15) is 10.4 Å². The molecule has 2 unspecified atom stereocenters. The minimum atomic E-state index is -1.46. The predicted molar refractivity (Wildman–Crippen MR) is 65.0 cm³/mol. The number of aliphatic hydroxyl groups is 1. The first-order chi connectivity index (χ1) is 7.99. The highest BCUT2D eigenvalue weighted by Crippen LogP contribution is 2.28. The number of ether oxygens (including phenoxy) is 1. The highest BCUT2D eigenvalue weighted by atomic mass is 35.5.